The summed E-state index contributed by atoms with van der Waals surface area (Å²) >= 11 is 0. The highest BCUT2D eigenvalue weighted by atomic mass is 19.2. The standard InChI is InChI=1S/C14H18F2N2O2/c1-10(14(19)18-5-7-20-8-6-18)17-9-11-3-2-4-12(15)13(11)16/h2-4,10,17H,5-9H2,1H3. The van der Waals surface area contributed by atoms with E-state index in [0.29, 0.717) is 26.3 Å². The number of carbonyl (C=O) groups is 1. The molecule has 1 heterocycles. The first-order valence-electron chi connectivity index (χ1n) is 6.62. The highest BCUT2D eigenvalue weighted by Gasteiger charge is 2.22. The van der Waals surface area contributed by atoms with E-state index in [0.717, 1.165) is 6.07 Å². The summed E-state index contributed by atoms with van der Waals surface area (Å²) in [5.41, 5.74) is 0.214. The molecule has 1 fully saturated rings. The molecule has 1 aliphatic heterocycles. The van der Waals surface area contributed by atoms with Crippen molar-refractivity contribution >= 4 is 5.91 Å². The van der Waals surface area contributed by atoms with Gasteiger partial charge in [-0.05, 0) is 13.0 Å². The molecular formula is C14H18F2N2O2. The molecule has 0 aliphatic carbocycles. The number of amides is 1. The molecule has 0 aromatic heterocycles. The van der Waals surface area contributed by atoms with Crippen molar-refractivity contribution in [2.75, 3.05) is 26.3 Å². The van der Waals surface area contributed by atoms with Crippen LogP contribution < -0.4 is 5.32 Å². The zero-order valence-electron chi connectivity index (χ0n) is 11.4. The van der Waals surface area contributed by atoms with Gasteiger partial charge in [-0.1, -0.05) is 12.1 Å². The van der Waals surface area contributed by atoms with Crippen LogP contribution in [0.15, 0.2) is 18.2 Å². The molecule has 1 saturated heterocycles. The van der Waals surface area contributed by atoms with Gasteiger partial charge in [0.25, 0.3) is 0 Å². The first-order valence-corrected chi connectivity index (χ1v) is 6.62. The molecule has 1 N–H and O–H groups in total. The fraction of sp³-hybridized carbons (Fsp3) is 0.500. The van der Waals surface area contributed by atoms with Gasteiger partial charge in [-0.25, -0.2) is 8.78 Å². The second-order valence-electron chi connectivity index (χ2n) is 4.75. The van der Waals surface area contributed by atoms with E-state index in [-0.39, 0.29) is 18.0 Å². The fourth-order valence-electron chi connectivity index (χ4n) is 2.09. The van der Waals surface area contributed by atoms with Gasteiger partial charge >= 0.3 is 0 Å². The zero-order chi connectivity index (χ0) is 14.5. The molecule has 0 radical (unpaired) electrons. The van der Waals surface area contributed by atoms with Gasteiger partial charge in [-0.2, -0.15) is 0 Å². The lowest BCUT2D eigenvalue weighted by Gasteiger charge is -2.29. The van der Waals surface area contributed by atoms with Crippen molar-refractivity contribution < 1.29 is 18.3 Å². The molecule has 110 valence electrons. The normalized spacial score (nSPS) is 17.1. The smallest absolute Gasteiger partial charge is 0.239 e. The number of benzene rings is 1. The number of nitrogens with one attached hydrogen (secondary N) is 1. The third-order valence-corrected chi connectivity index (χ3v) is 3.32. The van der Waals surface area contributed by atoms with Crippen LogP contribution in [0.1, 0.15) is 12.5 Å². The van der Waals surface area contributed by atoms with E-state index in [4.69, 9.17) is 4.74 Å². The van der Waals surface area contributed by atoms with Crippen molar-refractivity contribution in [2.24, 2.45) is 0 Å². The Kier molecular flexibility index (Phi) is 5.03. The van der Waals surface area contributed by atoms with Gasteiger partial charge in [0.15, 0.2) is 11.6 Å². The largest absolute Gasteiger partial charge is 0.378 e. The topological polar surface area (TPSA) is 41.6 Å². The lowest BCUT2D eigenvalue weighted by molar-refractivity contribution is -0.137. The average molecular weight is 284 g/mol. The van der Waals surface area contributed by atoms with Crippen LogP contribution in [0.4, 0.5) is 8.78 Å². The number of nitrogens with zero attached hydrogens (tertiary/aromatic N) is 1. The predicted molar refractivity (Wildman–Crippen MR) is 70.1 cm³/mol. The van der Waals surface area contributed by atoms with Crippen LogP contribution in [0.5, 0.6) is 0 Å². The van der Waals surface area contributed by atoms with Crippen molar-refractivity contribution in [3.63, 3.8) is 0 Å². The van der Waals surface area contributed by atoms with E-state index in [1.165, 1.54) is 12.1 Å². The van der Waals surface area contributed by atoms with Crippen LogP contribution in [-0.4, -0.2) is 43.2 Å². The Morgan fingerprint density at radius 1 is 1.40 bits per heavy atom. The molecule has 1 aromatic rings. The number of carbonyl (C=O) groups excluding carboxylic acids is 1. The Bertz CT molecular complexity index is 476. The van der Waals surface area contributed by atoms with Crippen LogP contribution in [0, 0.1) is 11.6 Å². The van der Waals surface area contributed by atoms with Gasteiger partial charge in [0.1, 0.15) is 0 Å². The Balaban J connectivity index is 1.89. The molecular weight excluding hydrogens is 266 g/mol. The number of morpholine rings is 1. The van der Waals surface area contributed by atoms with E-state index in [1.807, 2.05) is 0 Å². The summed E-state index contributed by atoms with van der Waals surface area (Å²) in [6.07, 6.45) is 0. The van der Waals surface area contributed by atoms with Crippen LogP contribution in [0.2, 0.25) is 0 Å². The number of ether oxygens (including phenoxy) is 1. The molecule has 1 unspecified atom stereocenters. The number of hydrogen-bond donors (Lipinski definition) is 1. The van der Waals surface area contributed by atoms with Gasteiger partial charge in [0, 0.05) is 25.2 Å². The highest BCUT2D eigenvalue weighted by molar-refractivity contribution is 5.81. The molecule has 4 nitrogen and oxygen atoms in total. The lowest BCUT2D eigenvalue weighted by atomic mass is 10.2. The highest BCUT2D eigenvalue weighted by Crippen LogP contribution is 2.11. The van der Waals surface area contributed by atoms with Gasteiger partial charge in [-0.15, -0.1) is 0 Å². The van der Waals surface area contributed by atoms with Gasteiger partial charge in [-0.3, -0.25) is 4.79 Å². The molecule has 1 atom stereocenters. The Morgan fingerprint density at radius 3 is 2.80 bits per heavy atom. The SMILES string of the molecule is CC(NCc1cccc(F)c1F)C(=O)N1CCOCC1. The Morgan fingerprint density at radius 2 is 2.10 bits per heavy atom. The number of hydrogen-bond acceptors (Lipinski definition) is 3. The average Bonchev–Trinajstić information content (AvgIpc) is 2.48. The van der Waals surface area contributed by atoms with Gasteiger partial charge < -0.3 is 15.0 Å². The first-order chi connectivity index (χ1) is 9.59. The first kappa shape index (κ1) is 14.9. The summed E-state index contributed by atoms with van der Waals surface area (Å²) < 4.78 is 31.7. The maximum absolute atomic E-state index is 13.5. The van der Waals surface area contributed by atoms with Crippen molar-refractivity contribution in [1.29, 1.82) is 0 Å². The Hall–Kier alpha value is -1.53. The quantitative estimate of drug-likeness (QED) is 0.906. The van der Waals surface area contributed by atoms with Crippen molar-refractivity contribution in [1.82, 2.24) is 10.2 Å². The molecule has 0 spiro atoms. The maximum atomic E-state index is 13.5. The van der Waals surface area contributed by atoms with Crippen molar-refractivity contribution in [2.45, 2.75) is 19.5 Å². The van der Waals surface area contributed by atoms with E-state index >= 15 is 0 Å². The molecule has 0 bridgehead atoms. The monoisotopic (exact) mass is 284 g/mol. The van der Waals surface area contributed by atoms with E-state index in [2.05, 4.69) is 5.32 Å². The summed E-state index contributed by atoms with van der Waals surface area (Å²) in [5.74, 6) is -1.80. The van der Waals surface area contributed by atoms with Gasteiger partial charge in [0.2, 0.25) is 5.91 Å². The summed E-state index contributed by atoms with van der Waals surface area (Å²) in [6, 6.07) is 3.57. The minimum atomic E-state index is -0.878. The summed E-state index contributed by atoms with van der Waals surface area (Å²) in [6.45, 7) is 4.04. The molecule has 1 aliphatic rings. The maximum Gasteiger partial charge on any atom is 0.239 e. The lowest BCUT2D eigenvalue weighted by Crippen LogP contribution is -2.49. The fourth-order valence-corrected chi connectivity index (χ4v) is 2.09. The molecule has 6 heteroatoms. The van der Waals surface area contributed by atoms with Crippen LogP contribution in [-0.2, 0) is 16.1 Å². The van der Waals surface area contributed by atoms with E-state index < -0.39 is 17.7 Å². The molecule has 1 amide bonds. The number of rotatable bonds is 4. The molecule has 2 rings (SSSR count). The minimum Gasteiger partial charge on any atom is -0.378 e. The summed E-state index contributed by atoms with van der Waals surface area (Å²) in [4.78, 5) is 13.8. The van der Waals surface area contributed by atoms with Crippen molar-refractivity contribution in [3.8, 4) is 0 Å². The van der Waals surface area contributed by atoms with Gasteiger partial charge in [0.05, 0.1) is 19.3 Å². The second-order valence-corrected chi connectivity index (χ2v) is 4.75. The zero-order valence-corrected chi connectivity index (χ0v) is 11.4. The second kappa shape index (κ2) is 6.76. The summed E-state index contributed by atoms with van der Waals surface area (Å²) in [7, 11) is 0. The predicted octanol–water partition coefficient (Wildman–Crippen LogP) is 1.30. The molecule has 0 saturated carbocycles. The van der Waals surface area contributed by atoms with Crippen LogP contribution in [0.3, 0.4) is 0 Å². The van der Waals surface area contributed by atoms with E-state index in [1.54, 1.807) is 11.8 Å². The van der Waals surface area contributed by atoms with Crippen LogP contribution in [0.25, 0.3) is 0 Å². The third-order valence-electron chi connectivity index (χ3n) is 3.32. The molecule has 1 aromatic carbocycles. The molecule has 20 heavy (non-hydrogen) atoms. The summed E-state index contributed by atoms with van der Waals surface area (Å²) in [5, 5.41) is 2.93. The Labute approximate surface area is 116 Å². The third kappa shape index (κ3) is 3.52. The van der Waals surface area contributed by atoms with E-state index in [9.17, 15) is 13.6 Å². The van der Waals surface area contributed by atoms with Crippen molar-refractivity contribution in [3.05, 3.63) is 35.4 Å². The van der Waals surface area contributed by atoms with Crippen LogP contribution >= 0.6 is 0 Å². The number of halogens is 2. The minimum absolute atomic E-state index is 0.0508.